The normalized spacial score (nSPS) is 14.6. The lowest BCUT2D eigenvalue weighted by molar-refractivity contribution is -0.124. The molecule has 222 valence electrons. The minimum atomic E-state index is -0.752. The van der Waals surface area contributed by atoms with Gasteiger partial charge in [0.25, 0.3) is 5.91 Å². The Bertz CT molecular complexity index is 1400. The molecule has 1 aliphatic rings. The fourth-order valence-electron chi connectivity index (χ4n) is 4.75. The second-order valence-corrected chi connectivity index (χ2v) is 10.5. The first kappa shape index (κ1) is 30.6. The number of thiocarbonyl (C=S) groups is 1. The number of ether oxygens (including phenoxy) is 3. The Labute approximate surface area is 253 Å². The third-order valence-electron chi connectivity index (χ3n) is 7.02. The summed E-state index contributed by atoms with van der Waals surface area (Å²) in [6.07, 6.45) is 1.44. The Balaban J connectivity index is 1.54. The van der Waals surface area contributed by atoms with Gasteiger partial charge in [0, 0.05) is 32.0 Å². The van der Waals surface area contributed by atoms with Gasteiger partial charge in [-0.2, -0.15) is 0 Å². The van der Waals surface area contributed by atoms with Crippen molar-refractivity contribution in [3.8, 4) is 17.2 Å². The van der Waals surface area contributed by atoms with Crippen LogP contribution in [0.15, 0.2) is 66.7 Å². The van der Waals surface area contributed by atoms with Crippen LogP contribution in [0.1, 0.15) is 25.3 Å². The molecule has 42 heavy (non-hydrogen) atoms. The summed E-state index contributed by atoms with van der Waals surface area (Å²) < 4.78 is 16.4. The molecule has 10 heteroatoms. The quantitative estimate of drug-likeness (QED) is 0.275. The second kappa shape index (κ2) is 14.0. The summed E-state index contributed by atoms with van der Waals surface area (Å²) in [6.45, 7) is 3.11. The molecule has 3 aromatic rings. The highest BCUT2D eigenvalue weighted by Gasteiger charge is 2.44. The molecule has 0 aromatic heterocycles. The van der Waals surface area contributed by atoms with Crippen molar-refractivity contribution in [2.45, 2.75) is 32.2 Å². The average Bonchev–Trinajstić information content (AvgIpc) is 3.23. The largest absolute Gasteiger partial charge is 0.494 e. The minimum absolute atomic E-state index is 0.0503. The molecular formula is C32H38N4O5S. The summed E-state index contributed by atoms with van der Waals surface area (Å²) in [6, 6.07) is 19.8. The lowest BCUT2D eigenvalue weighted by Gasteiger charge is -2.24. The predicted molar refractivity (Wildman–Crippen MR) is 170 cm³/mol. The van der Waals surface area contributed by atoms with Gasteiger partial charge in [-0.25, -0.2) is 0 Å². The van der Waals surface area contributed by atoms with E-state index >= 15 is 0 Å². The maximum Gasteiger partial charge on any atom is 0.256 e. The maximum absolute atomic E-state index is 13.8. The molecule has 1 N–H and O–H groups in total. The molecule has 0 unspecified atom stereocenters. The lowest BCUT2D eigenvalue weighted by atomic mass is 10.1. The van der Waals surface area contributed by atoms with E-state index in [9.17, 15) is 9.59 Å². The fraction of sp³-hybridized carbons (Fsp3) is 0.344. The number of rotatable bonds is 13. The molecule has 1 saturated heterocycles. The van der Waals surface area contributed by atoms with E-state index in [1.165, 1.54) is 4.90 Å². The van der Waals surface area contributed by atoms with Gasteiger partial charge in [-0.3, -0.25) is 14.5 Å². The first-order chi connectivity index (χ1) is 20.2. The highest BCUT2D eigenvalue weighted by atomic mass is 32.1. The standard InChI is InChI=1S/C32H38N4O5S/c1-6-19-41-26-14-8-23(9-15-26)33-30(37)21-27-31(38)36(25-12-10-24(11-13-25)34(2)3)32(42)35(27)18-17-22-7-16-28(39-4)29(20-22)40-5/h7-16,20,27H,6,17-19,21H2,1-5H3,(H,33,37)/t27-/m0/s1. The van der Waals surface area contributed by atoms with E-state index in [1.54, 1.807) is 26.4 Å². The SMILES string of the molecule is CCCOc1ccc(NC(=O)C[C@H]2C(=O)N(c3ccc(N(C)C)cc3)C(=S)N2CCc2ccc(OC)c(OC)c2)cc1. The molecule has 0 radical (unpaired) electrons. The molecule has 0 aliphatic carbocycles. The Morgan fingerprint density at radius 2 is 1.67 bits per heavy atom. The van der Waals surface area contributed by atoms with Crippen molar-refractivity contribution >= 4 is 46.2 Å². The average molecular weight is 591 g/mol. The summed E-state index contributed by atoms with van der Waals surface area (Å²) >= 11 is 5.85. The van der Waals surface area contributed by atoms with Gasteiger partial charge in [-0.1, -0.05) is 13.0 Å². The first-order valence-electron chi connectivity index (χ1n) is 13.9. The van der Waals surface area contributed by atoms with Gasteiger partial charge in [-0.15, -0.1) is 0 Å². The number of carbonyl (C=O) groups excluding carboxylic acids is 2. The number of methoxy groups -OCH3 is 2. The van der Waals surface area contributed by atoms with Crippen LogP contribution in [0.4, 0.5) is 17.1 Å². The molecule has 1 atom stereocenters. The van der Waals surface area contributed by atoms with Crippen molar-refractivity contribution in [2.75, 3.05) is 56.6 Å². The maximum atomic E-state index is 13.8. The fourth-order valence-corrected chi connectivity index (χ4v) is 5.17. The van der Waals surface area contributed by atoms with Crippen molar-refractivity contribution in [1.29, 1.82) is 0 Å². The van der Waals surface area contributed by atoms with Crippen molar-refractivity contribution < 1.29 is 23.8 Å². The number of nitrogens with zero attached hydrogens (tertiary/aromatic N) is 3. The van der Waals surface area contributed by atoms with Gasteiger partial charge in [-0.05, 0) is 91.3 Å². The Morgan fingerprint density at radius 1 is 0.976 bits per heavy atom. The van der Waals surface area contributed by atoms with Crippen LogP contribution >= 0.6 is 12.2 Å². The van der Waals surface area contributed by atoms with Crippen LogP contribution in [0.2, 0.25) is 0 Å². The molecule has 1 fully saturated rings. The summed E-state index contributed by atoms with van der Waals surface area (Å²) in [7, 11) is 7.10. The van der Waals surface area contributed by atoms with Gasteiger partial charge >= 0.3 is 0 Å². The predicted octanol–water partition coefficient (Wildman–Crippen LogP) is 5.13. The van der Waals surface area contributed by atoms with Crippen LogP contribution in [-0.4, -0.2) is 69.3 Å². The molecule has 9 nitrogen and oxygen atoms in total. The van der Waals surface area contributed by atoms with E-state index in [0.29, 0.717) is 47.6 Å². The lowest BCUT2D eigenvalue weighted by Crippen LogP contribution is -2.39. The van der Waals surface area contributed by atoms with Gasteiger partial charge < -0.3 is 29.3 Å². The Morgan fingerprint density at radius 3 is 2.29 bits per heavy atom. The summed E-state index contributed by atoms with van der Waals surface area (Å²) in [5.41, 5.74) is 3.29. The van der Waals surface area contributed by atoms with Crippen molar-refractivity contribution in [3.63, 3.8) is 0 Å². The Kier molecular flexibility index (Phi) is 10.2. The number of carbonyl (C=O) groups is 2. The number of nitrogens with one attached hydrogen (secondary N) is 1. The molecule has 0 saturated carbocycles. The molecule has 0 spiro atoms. The van der Waals surface area contributed by atoms with Crippen LogP contribution in [0.25, 0.3) is 0 Å². The zero-order valence-corrected chi connectivity index (χ0v) is 25.6. The zero-order valence-electron chi connectivity index (χ0n) is 24.8. The van der Waals surface area contributed by atoms with Gasteiger partial charge in [0.15, 0.2) is 16.6 Å². The molecule has 1 heterocycles. The third-order valence-corrected chi connectivity index (χ3v) is 7.44. The third kappa shape index (κ3) is 7.12. The van der Waals surface area contributed by atoms with E-state index < -0.39 is 6.04 Å². The molecule has 1 aliphatic heterocycles. The van der Waals surface area contributed by atoms with Crippen molar-refractivity contribution in [2.24, 2.45) is 0 Å². The van der Waals surface area contributed by atoms with E-state index in [2.05, 4.69) is 5.32 Å². The summed E-state index contributed by atoms with van der Waals surface area (Å²) in [5.74, 6) is 1.49. The number of benzene rings is 3. The minimum Gasteiger partial charge on any atom is -0.494 e. The number of hydrogen-bond donors (Lipinski definition) is 1. The molecule has 2 amide bonds. The second-order valence-electron chi connectivity index (χ2n) is 10.1. The van der Waals surface area contributed by atoms with Gasteiger partial charge in [0.1, 0.15) is 11.8 Å². The van der Waals surface area contributed by atoms with Crippen molar-refractivity contribution in [3.05, 3.63) is 72.3 Å². The monoisotopic (exact) mass is 590 g/mol. The van der Waals surface area contributed by atoms with Crippen LogP contribution in [0.5, 0.6) is 17.2 Å². The van der Waals surface area contributed by atoms with Gasteiger partial charge in [0.2, 0.25) is 5.91 Å². The van der Waals surface area contributed by atoms with Crippen LogP contribution < -0.4 is 29.3 Å². The van der Waals surface area contributed by atoms with E-state index in [4.69, 9.17) is 26.4 Å². The zero-order chi connectivity index (χ0) is 30.2. The van der Waals surface area contributed by atoms with E-state index in [0.717, 1.165) is 23.4 Å². The van der Waals surface area contributed by atoms with Crippen LogP contribution in [0.3, 0.4) is 0 Å². The topological polar surface area (TPSA) is 83.6 Å². The highest BCUT2D eigenvalue weighted by molar-refractivity contribution is 7.80. The van der Waals surface area contributed by atoms with E-state index in [-0.39, 0.29) is 18.2 Å². The number of hydrogen-bond acceptors (Lipinski definition) is 7. The summed E-state index contributed by atoms with van der Waals surface area (Å²) in [5, 5.41) is 3.28. The highest BCUT2D eigenvalue weighted by Crippen LogP contribution is 2.31. The van der Waals surface area contributed by atoms with E-state index in [1.807, 2.05) is 85.4 Å². The molecule has 0 bridgehead atoms. The number of anilines is 3. The Hall–Kier alpha value is -4.31. The van der Waals surface area contributed by atoms with Crippen LogP contribution in [0, 0.1) is 0 Å². The molecular weight excluding hydrogens is 552 g/mol. The first-order valence-corrected chi connectivity index (χ1v) is 14.3. The van der Waals surface area contributed by atoms with Crippen LogP contribution in [-0.2, 0) is 16.0 Å². The van der Waals surface area contributed by atoms with Gasteiger partial charge in [0.05, 0.1) is 32.9 Å². The number of amides is 2. The van der Waals surface area contributed by atoms with Crippen molar-refractivity contribution in [1.82, 2.24) is 4.90 Å². The molecule has 3 aromatic carbocycles. The smallest absolute Gasteiger partial charge is 0.256 e. The summed E-state index contributed by atoms with van der Waals surface area (Å²) in [4.78, 5) is 32.4. The molecule has 4 rings (SSSR count).